The molecule has 0 amide bonds. The maximum atomic E-state index is 13.8. The van der Waals surface area contributed by atoms with E-state index in [-0.39, 0.29) is 17.5 Å². The summed E-state index contributed by atoms with van der Waals surface area (Å²) in [7, 11) is 0. The number of fused-ring (bicyclic) bond motifs is 1. The summed E-state index contributed by atoms with van der Waals surface area (Å²) < 4.78 is 51.3. The highest BCUT2D eigenvalue weighted by Gasteiger charge is 2.31. The number of nitrogens with one attached hydrogen (secondary N) is 3. The number of rotatable bonds is 7. The molecule has 0 aliphatic heterocycles. The van der Waals surface area contributed by atoms with Crippen LogP contribution in [0.5, 0.6) is 0 Å². The van der Waals surface area contributed by atoms with Crippen LogP contribution in [0.25, 0.3) is 10.9 Å². The SMILES string of the molecule is O=c1cc(NCCCNCc2ccc(C(F)(F)F)cc2F)[nH]c2ccccc12. The fourth-order valence-electron chi connectivity index (χ4n) is 2.82. The molecule has 8 heteroatoms. The minimum atomic E-state index is -4.55. The van der Waals surface area contributed by atoms with E-state index >= 15 is 0 Å². The number of pyridine rings is 1. The summed E-state index contributed by atoms with van der Waals surface area (Å²) in [4.78, 5) is 15.2. The van der Waals surface area contributed by atoms with E-state index in [0.29, 0.717) is 36.8 Å². The van der Waals surface area contributed by atoms with Gasteiger partial charge in [0, 0.05) is 30.1 Å². The van der Waals surface area contributed by atoms with Gasteiger partial charge in [0.1, 0.15) is 11.6 Å². The Morgan fingerprint density at radius 1 is 1.00 bits per heavy atom. The Hall–Kier alpha value is -2.87. The van der Waals surface area contributed by atoms with Crippen LogP contribution in [-0.4, -0.2) is 18.1 Å². The number of alkyl halides is 3. The van der Waals surface area contributed by atoms with Gasteiger partial charge >= 0.3 is 6.18 Å². The fraction of sp³-hybridized carbons (Fsp3) is 0.250. The Morgan fingerprint density at radius 3 is 2.54 bits per heavy atom. The van der Waals surface area contributed by atoms with Crippen molar-refractivity contribution < 1.29 is 17.6 Å². The number of para-hydroxylation sites is 1. The molecule has 0 aliphatic carbocycles. The van der Waals surface area contributed by atoms with Gasteiger partial charge in [0.2, 0.25) is 0 Å². The monoisotopic (exact) mass is 393 g/mol. The summed E-state index contributed by atoms with van der Waals surface area (Å²) in [6, 6.07) is 11.2. The minimum absolute atomic E-state index is 0.0762. The van der Waals surface area contributed by atoms with Gasteiger partial charge in [0.15, 0.2) is 5.43 Å². The largest absolute Gasteiger partial charge is 0.416 e. The molecule has 0 saturated carbocycles. The van der Waals surface area contributed by atoms with E-state index in [1.165, 1.54) is 6.07 Å². The van der Waals surface area contributed by atoms with Crippen molar-refractivity contribution in [3.8, 4) is 0 Å². The van der Waals surface area contributed by atoms with Gasteiger partial charge in [-0.15, -0.1) is 0 Å². The molecule has 28 heavy (non-hydrogen) atoms. The number of benzene rings is 2. The van der Waals surface area contributed by atoms with Crippen molar-refractivity contribution in [3.05, 3.63) is 75.7 Å². The first-order chi connectivity index (χ1) is 13.3. The van der Waals surface area contributed by atoms with Crippen molar-refractivity contribution in [2.75, 3.05) is 18.4 Å². The van der Waals surface area contributed by atoms with Crippen molar-refractivity contribution in [1.29, 1.82) is 0 Å². The van der Waals surface area contributed by atoms with Gasteiger partial charge in [-0.05, 0) is 37.2 Å². The third-order valence-corrected chi connectivity index (χ3v) is 4.28. The van der Waals surface area contributed by atoms with Crippen LogP contribution >= 0.6 is 0 Å². The Morgan fingerprint density at radius 2 is 1.79 bits per heavy atom. The minimum Gasteiger partial charge on any atom is -0.371 e. The first-order valence-corrected chi connectivity index (χ1v) is 8.77. The molecule has 0 fully saturated rings. The predicted molar refractivity (Wildman–Crippen MR) is 101 cm³/mol. The average molecular weight is 393 g/mol. The topological polar surface area (TPSA) is 56.9 Å². The Balaban J connectivity index is 1.45. The van der Waals surface area contributed by atoms with Crippen LogP contribution in [0, 0.1) is 5.82 Å². The van der Waals surface area contributed by atoms with Gasteiger partial charge in [-0.25, -0.2) is 4.39 Å². The molecule has 1 aromatic heterocycles. The highest BCUT2D eigenvalue weighted by Crippen LogP contribution is 2.30. The average Bonchev–Trinajstić information content (AvgIpc) is 2.65. The first-order valence-electron chi connectivity index (χ1n) is 8.77. The second kappa shape index (κ2) is 8.43. The van der Waals surface area contributed by atoms with Gasteiger partial charge in [0.25, 0.3) is 0 Å². The highest BCUT2D eigenvalue weighted by atomic mass is 19.4. The van der Waals surface area contributed by atoms with Gasteiger partial charge in [-0.3, -0.25) is 4.79 Å². The lowest BCUT2D eigenvalue weighted by molar-refractivity contribution is -0.137. The van der Waals surface area contributed by atoms with Gasteiger partial charge in [0.05, 0.1) is 11.1 Å². The molecule has 3 rings (SSSR count). The van der Waals surface area contributed by atoms with Crippen LogP contribution in [0.3, 0.4) is 0 Å². The van der Waals surface area contributed by atoms with Crippen molar-refractivity contribution >= 4 is 16.7 Å². The molecule has 4 nitrogen and oxygen atoms in total. The number of aromatic amines is 1. The first kappa shape index (κ1) is 19.9. The fourth-order valence-corrected chi connectivity index (χ4v) is 2.82. The summed E-state index contributed by atoms with van der Waals surface area (Å²) in [6.45, 7) is 1.23. The van der Waals surface area contributed by atoms with Gasteiger partial charge in [-0.2, -0.15) is 13.2 Å². The zero-order valence-electron chi connectivity index (χ0n) is 14.9. The lowest BCUT2D eigenvalue weighted by Gasteiger charge is -2.11. The molecule has 0 radical (unpaired) electrons. The summed E-state index contributed by atoms with van der Waals surface area (Å²) in [5.74, 6) is -0.272. The normalized spacial score (nSPS) is 11.7. The van der Waals surface area contributed by atoms with Crippen LogP contribution < -0.4 is 16.1 Å². The second-order valence-corrected chi connectivity index (χ2v) is 6.35. The van der Waals surface area contributed by atoms with Crippen LogP contribution in [-0.2, 0) is 12.7 Å². The zero-order chi connectivity index (χ0) is 20.1. The number of anilines is 1. The van der Waals surface area contributed by atoms with Crippen molar-refractivity contribution in [1.82, 2.24) is 10.3 Å². The lowest BCUT2D eigenvalue weighted by atomic mass is 10.1. The summed E-state index contributed by atoms with van der Waals surface area (Å²) in [5, 5.41) is 6.73. The van der Waals surface area contributed by atoms with E-state index < -0.39 is 17.6 Å². The maximum Gasteiger partial charge on any atom is 0.416 e. The third-order valence-electron chi connectivity index (χ3n) is 4.28. The quantitative estimate of drug-likeness (QED) is 0.415. The van der Waals surface area contributed by atoms with Crippen LogP contribution in [0.2, 0.25) is 0 Å². The van der Waals surface area contributed by atoms with Crippen molar-refractivity contribution in [3.63, 3.8) is 0 Å². The molecular weight excluding hydrogens is 374 g/mol. The van der Waals surface area contributed by atoms with E-state index in [1.54, 1.807) is 12.1 Å². The Labute approximate surface area is 158 Å². The molecular formula is C20H19F4N3O. The van der Waals surface area contributed by atoms with Crippen LogP contribution in [0.1, 0.15) is 17.5 Å². The number of H-pyrrole nitrogens is 1. The van der Waals surface area contributed by atoms with Crippen LogP contribution in [0.4, 0.5) is 23.4 Å². The van der Waals surface area contributed by atoms with Gasteiger partial charge in [-0.1, -0.05) is 18.2 Å². The van der Waals surface area contributed by atoms with Crippen molar-refractivity contribution in [2.45, 2.75) is 19.1 Å². The smallest absolute Gasteiger partial charge is 0.371 e. The Kier molecular flexibility index (Phi) is 5.99. The zero-order valence-corrected chi connectivity index (χ0v) is 14.9. The molecule has 1 heterocycles. The number of aromatic nitrogens is 1. The predicted octanol–water partition coefficient (Wildman–Crippen LogP) is 4.28. The molecule has 0 unspecified atom stereocenters. The lowest BCUT2D eigenvalue weighted by Crippen LogP contribution is -2.19. The second-order valence-electron chi connectivity index (χ2n) is 6.35. The highest BCUT2D eigenvalue weighted by molar-refractivity contribution is 5.79. The molecule has 0 aliphatic rings. The van der Waals surface area contributed by atoms with Gasteiger partial charge < -0.3 is 15.6 Å². The molecule has 0 bridgehead atoms. The van der Waals surface area contributed by atoms with E-state index in [2.05, 4.69) is 15.6 Å². The van der Waals surface area contributed by atoms with E-state index in [1.807, 2.05) is 12.1 Å². The third kappa shape index (κ3) is 4.89. The van der Waals surface area contributed by atoms with Crippen molar-refractivity contribution in [2.24, 2.45) is 0 Å². The Bertz CT molecular complexity index is 1010. The molecule has 2 aromatic carbocycles. The molecule has 3 aromatic rings. The standard InChI is InChI=1S/C20H19F4N3O/c21-16-10-14(20(22,23)24)7-6-13(16)12-25-8-3-9-26-19-11-18(28)15-4-1-2-5-17(15)27-19/h1-2,4-7,10-11,25H,3,8-9,12H2,(H2,26,27,28). The molecule has 148 valence electrons. The van der Waals surface area contributed by atoms with E-state index in [4.69, 9.17) is 0 Å². The van der Waals surface area contributed by atoms with Crippen LogP contribution in [0.15, 0.2) is 53.3 Å². The summed E-state index contributed by atoms with van der Waals surface area (Å²) >= 11 is 0. The maximum absolute atomic E-state index is 13.8. The summed E-state index contributed by atoms with van der Waals surface area (Å²) in [6.07, 6.45) is -3.88. The molecule has 0 spiro atoms. The number of hydrogen-bond acceptors (Lipinski definition) is 3. The summed E-state index contributed by atoms with van der Waals surface area (Å²) in [5.41, 5.74) is -0.150. The molecule has 3 N–H and O–H groups in total. The van der Waals surface area contributed by atoms with E-state index in [9.17, 15) is 22.4 Å². The molecule has 0 atom stereocenters. The van der Waals surface area contributed by atoms with E-state index in [0.717, 1.165) is 17.6 Å². The number of halogens is 4. The molecule has 0 saturated heterocycles. The number of hydrogen-bond donors (Lipinski definition) is 3.